The third-order valence-electron chi connectivity index (χ3n) is 5.44. The van der Waals surface area contributed by atoms with Crippen LogP contribution in [0.15, 0.2) is 24.3 Å². The highest BCUT2D eigenvalue weighted by Gasteiger charge is 2.68. The van der Waals surface area contributed by atoms with Crippen molar-refractivity contribution in [1.82, 2.24) is 5.32 Å². The van der Waals surface area contributed by atoms with Crippen molar-refractivity contribution in [1.29, 1.82) is 0 Å². The minimum absolute atomic E-state index is 0.0275. The maximum Gasteiger partial charge on any atom is 0.126 e. The van der Waals surface area contributed by atoms with E-state index < -0.39 is 0 Å². The summed E-state index contributed by atoms with van der Waals surface area (Å²) in [5.74, 6) is 0.476. The van der Waals surface area contributed by atoms with Gasteiger partial charge in [-0.2, -0.15) is 0 Å². The molecule has 0 aromatic heterocycles. The van der Waals surface area contributed by atoms with Crippen LogP contribution in [0.3, 0.4) is 0 Å². The monoisotopic (exact) mass is 247 g/mol. The summed E-state index contributed by atoms with van der Waals surface area (Å²) in [5, 5.41) is 3.60. The number of hydrogen-bond donors (Lipinski definition) is 1. The van der Waals surface area contributed by atoms with E-state index in [9.17, 15) is 4.39 Å². The van der Waals surface area contributed by atoms with Gasteiger partial charge in [-0.3, -0.25) is 0 Å². The average molecular weight is 247 g/mol. The van der Waals surface area contributed by atoms with Gasteiger partial charge in [-0.05, 0) is 42.3 Å². The normalized spacial score (nSPS) is 33.4. The van der Waals surface area contributed by atoms with Gasteiger partial charge < -0.3 is 5.32 Å². The molecule has 0 amide bonds. The van der Waals surface area contributed by atoms with Crippen LogP contribution >= 0.6 is 0 Å². The Morgan fingerprint density at radius 1 is 1.22 bits per heavy atom. The van der Waals surface area contributed by atoms with Gasteiger partial charge in [0.2, 0.25) is 0 Å². The molecule has 18 heavy (non-hydrogen) atoms. The van der Waals surface area contributed by atoms with E-state index in [0.717, 1.165) is 18.2 Å². The van der Waals surface area contributed by atoms with Gasteiger partial charge in [0.05, 0.1) is 0 Å². The molecule has 0 bridgehead atoms. The van der Waals surface area contributed by atoms with Gasteiger partial charge in [0.25, 0.3) is 0 Å². The van der Waals surface area contributed by atoms with Gasteiger partial charge in [-0.15, -0.1) is 0 Å². The van der Waals surface area contributed by atoms with Crippen molar-refractivity contribution in [3.8, 4) is 0 Å². The number of halogens is 1. The Hall–Kier alpha value is -0.890. The van der Waals surface area contributed by atoms with E-state index in [2.05, 4.69) is 26.1 Å². The van der Waals surface area contributed by atoms with Gasteiger partial charge in [-0.25, -0.2) is 4.39 Å². The standard InChI is InChI=1S/C16H22FN/c1-15(2)14(10-18-11-8-9-11)16(15,3)12-6-4-5-7-13(12)17/h4-7,11,14,18H,8-10H2,1-3H3. The van der Waals surface area contributed by atoms with Crippen LogP contribution in [-0.2, 0) is 5.41 Å². The fraction of sp³-hybridized carbons (Fsp3) is 0.625. The van der Waals surface area contributed by atoms with E-state index in [0.29, 0.717) is 5.92 Å². The van der Waals surface area contributed by atoms with E-state index in [1.807, 2.05) is 12.1 Å². The molecule has 2 unspecified atom stereocenters. The lowest BCUT2D eigenvalue weighted by atomic mass is 9.89. The smallest absolute Gasteiger partial charge is 0.126 e. The molecule has 1 N–H and O–H groups in total. The molecule has 0 spiro atoms. The highest BCUT2D eigenvalue weighted by Crippen LogP contribution is 2.69. The SMILES string of the molecule is CC1(C)C(CNC2CC2)C1(C)c1ccccc1F. The zero-order valence-electron chi connectivity index (χ0n) is 11.5. The first-order chi connectivity index (χ1) is 8.48. The van der Waals surface area contributed by atoms with Crippen molar-refractivity contribution in [2.75, 3.05) is 6.54 Å². The summed E-state index contributed by atoms with van der Waals surface area (Å²) in [6.45, 7) is 7.75. The number of hydrogen-bond acceptors (Lipinski definition) is 1. The molecule has 2 fully saturated rings. The molecule has 2 saturated carbocycles. The maximum absolute atomic E-state index is 14.0. The molecule has 0 saturated heterocycles. The summed E-state index contributed by atoms with van der Waals surface area (Å²) in [4.78, 5) is 0. The Kier molecular flexibility index (Phi) is 2.57. The van der Waals surface area contributed by atoms with E-state index in [4.69, 9.17) is 0 Å². The van der Waals surface area contributed by atoms with Crippen LogP contribution in [0.2, 0.25) is 0 Å². The summed E-state index contributed by atoms with van der Waals surface area (Å²) < 4.78 is 14.0. The number of nitrogens with one attached hydrogen (secondary N) is 1. The average Bonchev–Trinajstić information content (AvgIpc) is 3.19. The lowest BCUT2D eigenvalue weighted by Crippen LogP contribution is -2.22. The first kappa shape index (κ1) is 12.2. The Bertz CT molecular complexity index is 464. The molecule has 2 atom stereocenters. The third kappa shape index (κ3) is 1.62. The zero-order chi connectivity index (χ0) is 13.0. The van der Waals surface area contributed by atoms with Crippen LogP contribution in [0, 0.1) is 17.2 Å². The molecular weight excluding hydrogens is 225 g/mol. The van der Waals surface area contributed by atoms with Crippen LogP contribution in [0.5, 0.6) is 0 Å². The Morgan fingerprint density at radius 3 is 2.50 bits per heavy atom. The maximum atomic E-state index is 14.0. The molecule has 1 aromatic rings. The number of benzene rings is 1. The summed E-state index contributed by atoms with van der Waals surface area (Å²) in [6, 6.07) is 7.99. The number of rotatable bonds is 4. The Labute approximate surface area is 109 Å². The quantitative estimate of drug-likeness (QED) is 0.858. The van der Waals surface area contributed by atoms with E-state index in [-0.39, 0.29) is 16.6 Å². The fourth-order valence-corrected chi connectivity index (χ4v) is 3.55. The molecule has 0 heterocycles. The van der Waals surface area contributed by atoms with E-state index in [1.54, 1.807) is 12.1 Å². The largest absolute Gasteiger partial charge is 0.314 e. The molecule has 2 heteroatoms. The van der Waals surface area contributed by atoms with Crippen molar-refractivity contribution < 1.29 is 4.39 Å². The predicted molar refractivity (Wildman–Crippen MR) is 72.0 cm³/mol. The van der Waals surface area contributed by atoms with Crippen molar-refractivity contribution in [3.63, 3.8) is 0 Å². The lowest BCUT2D eigenvalue weighted by molar-refractivity contribution is 0.493. The fourth-order valence-electron chi connectivity index (χ4n) is 3.55. The molecule has 1 nitrogen and oxygen atoms in total. The Morgan fingerprint density at radius 2 is 1.89 bits per heavy atom. The molecule has 3 rings (SSSR count). The van der Waals surface area contributed by atoms with Gasteiger partial charge in [0.15, 0.2) is 0 Å². The van der Waals surface area contributed by atoms with Crippen molar-refractivity contribution in [2.24, 2.45) is 11.3 Å². The van der Waals surface area contributed by atoms with E-state index in [1.165, 1.54) is 12.8 Å². The lowest BCUT2D eigenvalue weighted by Gasteiger charge is -2.16. The third-order valence-corrected chi connectivity index (χ3v) is 5.44. The first-order valence-corrected chi connectivity index (χ1v) is 6.96. The molecule has 98 valence electrons. The molecule has 0 radical (unpaired) electrons. The molecular formula is C16H22FN. The van der Waals surface area contributed by atoms with Gasteiger partial charge >= 0.3 is 0 Å². The predicted octanol–water partition coefficient (Wildman–Crippen LogP) is 3.49. The highest BCUT2D eigenvalue weighted by atomic mass is 19.1. The summed E-state index contributed by atoms with van der Waals surface area (Å²) in [6.07, 6.45) is 2.62. The van der Waals surface area contributed by atoms with Crippen LogP contribution in [0.4, 0.5) is 4.39 Å². The minimum Gasteiger partial charge on any atom is -0.314 e. The summed E-state index contributed by atoms with van der Waals surface area (Å²) in [7, 11) is 0. The van der Waals surface area contributed by atoms with Crippen LogP contribution in [0.25, 0.3) is 0 Å². The molecule has 2 aliphatic rings. The van der Waals surface area contributed by atoms with Gasteiger partial charge in [0.1, 0.15) is 5.82 Å². The Balaban J connectivity index is 1.83. The second kappa shape index (κ2) is 3.80. The van der Waals surface area contributed by atoms with E-state index >= 15 is 0 Å². The second-order valence-corrected chi connectivity index (χ2v) is 6.64. The van der Waals surface area contributed by atoms with Crippen molar-refractivity contribution in [3.05, 3.63) is 35.6 Å². The zero-order valence-corrected chi connectivity index (χ0v) is 11.5. The van der Waals surface area contributed by atoms with Crippen LogP contribution in [0.1, 0.15) is 39.2 Å². The summed E-state index contributed by atoms with van der Waals surface area (Å²) >= 11 is 0. The van der Waals surface area contributed by atoms with Gasteiger partial charge in [-0.1, -0.05) is 39.0 Å². The second-order valence-electron chi connectivity index (χ2n) is 6.64. The topological polar surface area (TPSA) is 12.0 Å². The summed E-state index contributed by atoms with van der Waals surface area (Å²) in [5.41, 5.74) is 1.04. The van der Waals surface area contributed by atoms with Crippen LogP contribution in [-0.4, -0.2) is 12.6 Å². The molecule has 2 aliphatic carbocycles. The van der Waals surface area contributed by atoms with Crippen molar-refractivity contribution in [2.45, 2.75) is 45.1 Å². The van der Waals surface area contributed by atoms with Gasteiger partial charge in [0, 0.05) is 11.5 Å². The highest BCUT2D eigenvalue weighted by molar-refractivity contribution is 5.40. The molecule has 0 aliphatic heterocycles. The minimum atomic E-state index is -0.0537. The first-order valence-electron chi connectivity index (χ1n) is 6.96. The van der Waals surface area contributed by atoms with Crippen molar-refractivity contribution >= 4 is 0 Å². The molecule has 1 aromatic carbocycles. The van der Waals surface area contributed by atoms with Crippen LogP contribution < -0.4 is 5.32 Å².